The number of hydrogen-bond donors (Lipinski definition) is 2. The van der Waals surface area contributed by atoms with Crippen molar-refractivity contribution in [2.45, 2.75) is 45.1 Å². The number of halogens is 1. The Hall–Kier alpha value is -1.91. The number of aliphatic carboxylic acids is 1. The number of carboxylic acids is 1. The number of benzene rings is 1. The Balaban J connectivity index is 2.10. The van der Waals surface area contributed by atoms with Gasteiger partial charge in [-0.3, -0.25) is 4.79 Å². The SMILES string of the molecule is CCC(NC(=O)C1(Cc2cccc(F)c2)CCC1)C(=O)O. The first-order valence-corrected chi connectivity index (χ1v) is 7.25. The fraction of sp³-hybridized carbons (Fsp3) is 0.500. The molecule has 0 saturated heterocycles. The van der Waals surface area contributed by atoms with E-state index in [2.05, 4.69) is 5.32 Å². The van der Waals surface area contributed by atoms with Crippen LogP contribution in [0.1, 0.15) is 38.2 Å². The predicted octanol–water partition coefficient (Wildman–Crippen LogP) is 2.52. The first-order chi connectivity index (χ1) is 9.97. The second kappa shape index (κ2) is 6.24. The van der Waals surface area contributed by atoms with E-state index in [9.17, 15) is 14.0 Å². The quantitative estimate of drug-likeness (QED) is 0.847. The van der Waals surface area contributed by atoms with E-state index in [1.807, 2.05) is 0 Å². The molecule has 1 aromatic carbocycles. The molecule has 0 spiro atoms. The molecule has 21 heavy (non-hydrogen) atoms. The van der Waals surface area contributed by atoms with Crippen LogP contribution in [0.4, 0.5) is 4.39 Å². The van der Waals surface area contributed by atoms with E-state index in [4.69, 9.17) is 5.11 Å². The zero-order valence-electron chi connectivity index (χ0n) is 12.1. The van der Waals surface area contributed by atoms with Crippen LogP contribution in [0.5, 0.6) is 0 Å². The molecule has 1 unspecified atom stereocenters. The van der Waals surface area contributed by atoms with Gasteiger partial charge in [0.05, 0.1) is 5.41 Å². The minimum absolute atomic E-state index is 0.229. The third kappa shape index (κ3) is 3.40. The molecule has 1 aromatic rings. The molecule has 2 rings (SSSR count). The van der Waals surface area contributed by atoms with E-state index in [1.54, 1.807) is 19.1 Å². The molecule has 5 heteroatoms. The number of carbonyl (C=O) groups excluding carboxylic acids is 1. The highest BCUT2D eigenvalue weighted by atomic mass is 19.1. The second-order valence-electron chi connectivity index (χ2n) is 5.71. The summed E-state index contributed by atoms with van der Waals surface area (Å²) in [5, 5.41) is 11.7. The first-order valence-electron chi connectivity index (χ1n) is 7.25. The van der Waals surface area contributed by atoms with Crippen LogP contribution in [0.3, 0.4) is 0 Å². The standard InChI is InChI=1S/C16H20FNO3/c1-2-13(14(19)20)18-15(21)16(7-4-8-16)10-11-5-3-6-12(17)9-11/h3,5-6,9,13H,2,4,7-8,10H2,1H3,(H,18,21)(H,19,20). The van der Waals surface area contributed by atoms with Gasteiger partial charge in [0.15, 0.2) is 0 Å². The Morgan fingerprint density at radius 3 is 2.62 bits per heavy atom. The average molecular weight is 293 g/mol. The maximum Gasteiger partial charge on any atom is 0.326 e. The maximum atomic E-state index is 13.3. The number of nitrogens with one attached hydrogen (secondary N) is 1. The summed E-state index contributed by atoms with van der Waals surface area (Å²) < 4.78 is 13.3. The average Bonchev–Trinajstić information content (AvgIpc) is 2.39. The monoisotopic (exact) mass is 293 g/mol. The van der Waals surface area contributed by atoms with Crippen molar-refractivity contribution < 1.29 is 19.1 Å². The molecule has 0 heterocycles. The molecule has 1 amide bonds. The highest BCUT2D eigenvalue weighted by Gasteiger charge is 2.44. The maximum absolute atomic E-state index is 13.3. The smallest absolute Gasteiger partial charge is 0.326 e. The van der Waals surface area contributed by atoms with Gasteiger partial charge in [-0.15, -0.1) is 0 Å². The Morgan fingerprint density at radius 1 is 1.43 bits per heavy atom. The fourth-order valence-electron chi connectivity index (χ4n) is 2.78. The van der Waals surface area contributed by atoms with Gasteiger partial charge >= 0.3 is 5.97 Å². The van der Waals surface area contributed by atoms with Crippen molar-refractivity contribution in [3.05, 3.63) is 35.6 Å². The number of carboxylic acid groups (broad SMARTS) is 1. The zero-order valence-corrected chi connectivity index (χ0v) is 12.1. The molecular weight excluding hydrogens is 273 g/mol. The Morgan fingerprint density at radius 2 is 2.14 bits per heavy atom. The van der Waals surface area contributed by atoms with E-state index in [-0.39, 0.29) is 11.7 Å². The summed E-state index contributed by atoms with van der Waals surface area (Å²) in [6.07, 6.45) is 3.16. The van der Waals surface area contributed by atoms with Crippen LogP contribution in [0.2, 0.25) is 0 Å². The number of amides is 1. The lowest BCUT2D eigenvalue weighted by Gasteiger charge is -2.41. The van der Waals surface area contributed by atoms with E-state index in [0.29, 0.717) is 25.7 Å². The summed E-state index contributed by atoms with van der Waals surface area (Å²) >= 11 is 0. The van der Waals surface area contributed by atoms with Crippen LogP contribution in [0, 0.1) is 11.2 Å². The minimum atomic E-state index is -1.02. The molecule has 114 valence electrons. The van der Waals surface area contributed by atoms with Gasteiger partial charge in [-0.2, -0.15) is 0 Å². The molecule has 0 radical (unpaired) electrons. The summed E-state index contributed by atoms with van der Waals surface area (Å²) in [6, 6.07) is 5.37. The molecule has 2 N–H and O–H groups in total. The van der Waals surface area contributed by atoms with Crippen molar-refractivity contribution in [3.8, 4) is 0 Å². The fourth-order valence-corrected chi connectivity index (χ4v) is 2.78. The van der Waals surface area contributed by atoms with Crippen molar-refractivity contribution in [1.82, 2.24) is 5.32 Å². The van der Waals surface area contributed by atoms with Gasteiger partial charge in [-0.1, -0.05) is 25.5 Å². The first kappa shape index (κ1) is 15.5. The second-order valence-corrected chi connectivity index (χ2v) is 5.71. The van der Waals surface area contributed by atoms with Crippen LogP contribution in [0.25, 0.3) is 0 Å². The van der Waals surface area contributed by atoms with E-state index < -0.39 is 17.4 Å². The molecule has 1 saturated carbocycles. The van der Waals surface area contributed by atoms with Crippen LogP contribution in [0.15, 0.2) is 24.3 Å². The van der Waals surface area contributed by atoms with Gasteiger partial charge in [-0.25, -0.2) is 9.18 Å². The van der Waals surface area contributed by atoms with Crippen molar-refractivity contribution in [3.63, 3.8) is 0 Å². The van der Waals surface area contributed by atoms with Gasteiger partial charge in [0.1, 0.15) is 11.9 Å². The van der Waals surface area contributed by atoms with Crippen LogP contribution >= 0.6 is 0 Å². The van der Waals surface area contributed by atoms with Gasteiger partial charge in [-0.05, 0) is 43.4 Å². The number of rotatable bonds is 6. The van der Waals surface area contributed by atoms with Gasteiger partial charge in [0.25, 0.3) is 0 Å². The van der Waals surface area contributed by atoms with Crippen LogP contribution in [-0.2, 0) is 16.0 Å². The van der Waals surface area contributed by atoms with Crippen molar-refractivity contribution in [2.24, 2.45) is 5.41 Å². The normalized spacial score (nSPS) is 17.6. The van der Waals surface area contributed by atoms with Crippen LogP contribution in [-0.4, -0.2) is 23.0 Å². The molecule has 0 aromatic heterocycles. The van der Waals surface area contributed by atoms with E-state index >= 15 is 0 Å². The third-order valence-electron chi connectivity index (χ3n) is 4.24. The topological polar surface area (TPSA) is 66.4 Å². The lowest BCUT2D eigenvalue weighted by molar-refractivity contribution is -0.145. The lowest BCUT2D eigenvalue weighted by atomic mass is 9.64. The highest BCUT2D eigenvalue weighted by molar-refractivity contribution is 5.88. The number of hydrogen-bond acceptors (Lipinski definition) is 2. The molecular formula is C16H20FNO3. The summed E-state index contributed by atoms with van der Waals surface area (Å²) in [6.45, 7) is 1.72. The molecule has 4 nitrogen and oxygen atoms in total. The molecule has 1 aliphatic carbocycles. The van der Waals surface area contributed by atoms with Crippen molar-refractivity contribution in [1.29, 1.82) is 0 Å². The van der Waals surface area contributed by atoms with Crippen LogP contribution < -0.4 is 5.32 Å². The molecule has 1 atom stereocenters. The third-order valence-corrected chi connectivity index (χ3v) is 4.24. The predicted molar refractivity (Wildman–Crippen MR) is 76.2 cm³/mol. The van der Waals surface area contributed by atoms with E-state index in [0.717, 1.165) is 12.0 Å². The minimum Gasteiger partial charge on any atom is -0.480 e. The summed E-state index contributed by atoms with van der Waals surface area (Å²) in [5.41, 5.74) is 0.185. The van der Waals surface area contributed by atoms with Gasteiger partial charge in [0, 0.05) is 0 Å². The molecule has 0 aliphatic heterocycles. The molecule has 1 fully saturated rings. The lowest BCUT2D eigenvalue weighted by Crippen LogP contribution is -2.52. The Bertz CT molecular complexity index is 540. The Kier molecular flexibility index (Phi) is 4.60. The summed E-state index contributed by atoms with van der Waals surface area (Å²) in [5.74, 6) is -1.57. The van der Waals surface area contributed by atoms with Crippen molar-refractivity contribution in [2.75, 3.05) is 0 Å². The Labute approximate surface area is 123 Å². The largest absolute Gasteiger partial charge is 0.480 e. The summed E-state index contributed by atoms with van der Waals surface area (Å²) in [7, 11) is 0. The molecule has 0 bridgehead atoms. The number of carbonyl (C=O) groups is 2. The zero-order chi connectivity index (χ0) is 15.5. The van der Waals surface area contributed by atoms with E-state index in [1.165, 1.54) is 12.1 Å². The highest BCUT2D eigenvalue weighted by Crippen LogP contribution is 2.44. The van der Waals surface area contributed by atoms with Crippen molar-refractivity contribution >= 4 is 11.9 Å². The van der Waals surface area contributed by atoms with Gasteiger partial charge < -0.3 is 10.4 Å². The molecule has 1 aliphatic rings. The van der Waals surface area contributed by atoms with Gasteiger partial charge in [0.2, 0.25) is 5.91 Å². The summed E-state index contributed by atoms with van der Waals surface area (Å²) in [4.78, 5) is 23.5.